The third kappa shape index (κ3) is 3.51. The Kier molecular flexibility index (Phi) is 4.49. The molecule has 2 nitrogen and oxygen atoms in total. The van der Waals surface area contributed by atoms with E-state index in [1.54, 1.807) is 6.07 Å². The molecule has 1 fully saturated rings. The second-order valence-electron chi connectivity index (χ2n) is 5.30. The van der Waals surface area contributed by atoms with Gasteiger partial charge < -0.3 is 0 Å². The first-order valence-electron chi connectivity index (χ1n) is 6.64. The zero-order chi connectivity index (χ0) is 13.8. The second-order valence-corrected chi connectivity index (χ2v) is 5.30. The monoisotopic (exact) mass is 264 g/mol. The summed E-state index contributed by atoms with van der Waals surface area (Å²) in [6.45, 7) is 0.610. The highest BCUT2D eigenvalue weighted by atomic mass is 19.2. The highest BCUT2D eigenvalue weighted by molar-refractivity contribution is 5.17. The molecule has 0 aromatic heterocycles. The normalized spacial score (nSPS) is 23.3. The lowest BCUT2D eigenvalue weighted by molar-refractivity contribution is 0.171. The Morgan fingerprint density at radius 3 is 2.47 bits per heavy atom. The van der Waals surface area contributed by atoms with E-state index in [1.807, 2.05) is 7.05 Å². The highest BCUT2D eigenvalue weighted by Crippen LogP contribution is 2.27. The number of nitriles is 1. The topological polar surface area (TPSA) is 27.0 Å². The molecule has 0 heterocycles. The predicted octanol–water partition coefficient (Wildman–Crippen LogP) is 3.48. The molecule has 102 valence electrons. The van der Waals surface area contributed by atoms with E-state index in [0.29, 0.717) is 12.6 Å². The van der Waals surface area contributed by atoms with Gasteiger partial charge in [-0.05, 0) is 50.4 Å². The molecule has 1 saturated carbocycles. The molecular weight excluding hydrogens is 246 g/mol. The van der Waals surface area contributed by atoms with Crippen molar-refractivity contribution >= 4 is 0 Å². The van der Waals surface area contributed by atoms with Crippen LogP contribution in [0.2, 0.25) is 0 Å². The molecule has 2 rings (SSSR count). The Bertz CT molecular complexity index is 474. The van der Waals surface area contributed by atoms with Gasteiger partial charge in [0.2, 0.25) is 0 Å². The Morgan fingerprint density at radius 1 is 1.21 bits per heavy atom. The fourth-order valence-corrected chi connectivity index (χ4v) is 2.70. The Balaban J connectivity index is 1.92. The van der Waals surface area contributed by atoms with Gasteiger partial charge in [0, 0.05) is 18.5 Å². The van der Waals surface area contributed by atoms with Crippen molar-refractivity contribution in [3.05, 3.63) is 35.4 Å². The molecule has 0 unspecified atom stereocenters. The summed E-state index contributed by atoms with van der Waals surface area (Å²) in [5, 5.41) is 8.87. The lowest BCUT2D eigenvalue weighted by Crippen LogP contribution is -2.34. The van der Waals surface area contributed by atoms with E-state index in [9.17, 15) is 8.78 Å². The molecule has 0 N–H and O–H groups in total. The van der Waals surface area contributed by atoms with Gasteiger partial charge in [-0.1, -0.05) is 6.07 Å². The average molecular weight is 264 g/mol. The van der Waals surface area contributed by atoms with E-state index < -0.39 is 11.6 Å². The summed E-state index contributed by atoms with van der Waals surface area (Å²) >= 11 is 0. The second kappa shape index (κ2) is 6.12. The summed E-state index contributed by atoms with van der Waals surface area (Å²) in [7, 11) is 2.00. The van der Waals surface area contributed by atoms with E-state index in [0.717, 1.165) is 31.2 Å². The van der Waals surface area contributed by atoms with Crippen LogP contribution in [0, 0.1) is 28.9 Å². The maximum Gasteiger partial charge on any atom is 0.159 e. The zero-order valence-electron chi connectivity index (χ0n) is 11.1. The van der Waals surface area contributed by atoms with E-state index >= 15 is 0 Å². The van der Waals surface area contributed by atoms with Crippen molar-refractivity contribution in [2.45, 2.75) is 38.3 Å². The van der Waals surface area contributed by atoms with Crippen LogP contribution < -0.4 is 0 Å². The van der Waals surface area contributed by atoms with Crippen LogP contribution >= 0.6 is 0 Å². The molecule has 1 aliphatic carbocycles. The van der Waals surface area contributed by atoms with Crippen LogP contribution in [0.25, 0.3) is 0 Å². The molecule has 1 aromatic rings. The quantitative estimate of drug-likeness (QED) is 0.835. The summed E-state index contributed by atoms with van der Waals surface area (Å²) < 4.78 is 26.0. The van der Waals surface area contributed by atoms with Crippen molar-refractivity contribution in [1.29, 1.82) is 5.26 Å². The van der Waals surface area contributed by atoms with Gasteiger partial charge in [0.25, 0.3) is 0 Å². The van der Waals surface area contributed by atoms with Crippen molar-refractivity contribution in [2.24, 2.45) is 5.92 Å². The Labute approximate surface area is 112 Å². The van der Waals surface area contributed by atoms with Crippen LogP contribution in [0.15, 0.2) is 18.2 Å². The molecule has 1 aromatic carbocycles. The molecule has 0 amide bonds. The fourth-order valence-electron chi connectivity index (χ4n) is 2.70. The summed E-state index contributed by atoms with van der Waals surface area (Å²) in [6.07, 6.45) is 3.86. The minimum absolute atomic E-state index is 0.188. The van der Waals surface area contributed by atoms with E-state index in [1.165, 1.54) is 12.1 Å². The van der Waals surface area contributed by atoms with Gasteiger partial charge in [0.15, 0.2) is 11.6 Å². The lowest BCUT2D eigenvalue weighted by atomic mass is 9.86. The Hall–Kier alpha value is -1.47. The van der Waals surface area contributed by atoms with E-state index in [-0.39, 0.29) is 5.92 Å². The number of hydrogen-bond acceptors (Lipinski definition) is 2. The fraction of sp³-hybridized carbons (Fsp3) is 0.533. The lowest BCUT2D eigenvalue weighted by Gasteiger charge is -2.32. The third-order valence-electron chi connectivity index (χ3n) is 3.92. The zero-order valence-corrected chi connectivity index (χ0v) is 11.1. The van der Waals surface area contributed by atoms with Crippen molar-refractivity contribution in [3.63, 3.8) is 0 Å². The highest BCUT2D eigenvalue weighted by Gasteiger charge is 2.23. The molecule has 19 heavy (non-hydrogen) atoms. The maximum absolute atomic E-state index is 13.1. The molecule has 0 atom stereocenters. The molecule has 4 heteroatoms. The summed E-state index contributed by atoms with van der Waals surface area (Å²) in [4.78, 5) is 2.17. The van der Waals surface area contributed by atoms with Crippen molar-refractivity contribution < 1.29 is 8.78 Å². The van der Waals surface area contributed by atoms with E-state index in [4.69, 9.17) is 5.26 Å². The van der Waals surface area contributed by atoms with Gasteiger partial charge in [-0.25, -0.2) is 8.78 Å². The van der Waals surface area contributed by atoms with Crippen molar-refractivity contribution in [1.82, 2.24) is 4.90 Å². The number of hydrogen-bond donors (Lipinski definition) is 0. The van der Waals surface area contributed by atoms with Gasteiger partial charge in [0.1, 0.15) is 0 Å². The minimum Gasteiger partial charge on any atom is -0.299 e. The minimum atomic E-state index is -0.805. The van der Waals surface area contributed by atoms with Crippen LogP contribution in [0.1, 0.15) is 31.2 Å². The van der Waals surface area contributed by atoms with Gasteiger partial charge in [-0.2, -0.15) is 5.26 Å². The van der Waals surface area contributed by atoms with E-state index in [2.05, 4.69) is 11.0 Å². The summed E-state index contributed by atoms with van der Waals surface area (Å²) in [6, 6.07) is 6.79. The maximum atomic E-state index is 13.1. The van der Waals surface area contributed by atoms with Gasteiger partial charge >= 0.3 is 0 Å². The largest absolute Gasteiger partial charge is 0.299 e. The smallest absolute Gasteiger partial charge is 0.159 e. The molecule has 1 aliphatic rings. The molecule has 0 saturated heterocycles. The molecule has 0 bridgehead atoms. The van der Waals surface area contributed by atoms with Crippen LogP contribution in [0.5, 0.6) is 0 Å². The van der Waals surface area contributed by atoms with Crippen LogP contribution in [-0.2, 0) is 6.54 Å². The summed E-state index contributed by atoms with van der Waals surface area (Å²) in [5.41, 5.74) is 0.781. The first kappa shape index (κ1) is 14.0. The molecule has 0 spiro atoms. The third-order valence-corrected chi connectivity index (χ3v) is 3.92. The first-order chi connectivity index (χ1) is 9.10. The molecule has 0 aliphatic heterocycles. The van der Waals surface area contributed by atoms with Crippen molar-refractivity contribution in [2.75, 3.05) is 7.05 Å². The first-order valence-corrected chi connectivity index (χ1v) is 6.64. The molecule has 0 radical (unpaired) electrons. The number of benzene rings is 1. The summed E-state index contributed by atoms with van der Waals surface area (Å²) in [5.74, 6) is -1.41. The SMILES string of the molecule is CN(Cc1ccc(F)c(F)c1)C1CCC(C#N)CC1. The van der Waals surface area contributed by atoms with Gasteiger partial charge in [-0.3, -0.25) is 4.90 Å². The average Bonchev–Trinajstić information content (AvgIpc) is 2.43. The number of rotatable bonds is 3. The van der Waals surface area contributed by atoms with Gasteiger partial charge in [0.05, 0.1) is 6.07 Å². The van der Waals surface area contributed by atoms with Crippen molar-refractivity contribution in [3.8, 4) is 6.07 Å². The number of halogens is 2. The van der Waals surface area contributed by atoms with Gasteiger partial charge in [-0.15, -0.1) is 0 Å². The standard InChI is InChI=1S/C15H18F2N2/c1-19(13-5-2-11(9-18)3-6-13)10-12-4-7-14(16)15(17)8-12/h4,7-8,11,13H,2-3,5-6,10H2,1H3. The van der Waals surface area contributed by atoms with Crippen LogP contribution in [0.4, 0.5) is 8.78 Å². The predicted molar refractivity (Wildman–Crippen MR) is 69.2 cm³/mol. The van der Waals surface area contributed by atoms with Crippen LogP contribution in [0.3, 0.4) is 0 Å². The number of nitrogens with zero attached hydrogens (tertiary/aromatic N) is 2. The van der Waals surface area contributed by atoms with Crippen LogP contribution in [-0.4, -0.2) is 18.0 Å². The Morgan fingerprint density at radius 2 is 1.89 bits per heavy atom. The molecular formula is C15H18F2N2.